The van der Waals surface area contributed by atoms with E-state index < -0.39 is 0 Å². The summed E-state index contributed by atoms with van der Waals surface area (Å²) in [6.07, 6.45) is 7.53. The fourth-order valence-corrected chi connectivity index (χ4v) is 3.11. The summed E-state index contributed by atoms with van der Waals surface area (Å²) in [4.78, 5) is 2.65. The van der Waals surface area contributed by atoms with Crippen molar-refractivity contribution in [2.75, 3.05) is 19.6 Å². The minimum absolute atomic E-state index is 1.20. The standard InChI is InChI=1S/C22H31N/c1-2-18-23(20-11-17-22-14-7-4-8-15-22)19-10-9-16-21-12-5-3-6-13-21/h3-8,12-15H,2,9-11,16-20H2,1H3. The first-order valence-electron chi connectivity index (χ1n) is 9.18. The number of benzene rings is 2. The normalized spacial score (nSPS) is 11.0. The highest BCUT2D eigenvalue weighted by Gasteiger charge is 2.04. The smallest absolute Gasteiger partial charge is 0.00156 e. The molecule has 0 aliphatic carbocycles. The summed E-state index contributed by atoms with van der Waals surface area (Å²) >= 11 is 0. The molecule has 1 nitrogen and oxygen atoms in total. The second-order valence-corrected chi connectivity index (χ2v) is 6.37. The van der Waals surface area contributed by atoms with Crippen molar-refractivity contribution in [1.29, 1.82) is 0 Å². The monoisotopic (exact) mass is 309 g/mol. The molecular formula is C22H31N. The second kappa shape index (κ2) is 11.0. The first-order valence-corrected chi connectivity index (χ1v) is 9.18. The van der Waals surface area contributed by atoms with Crippen molar-refractivity contribution < 1.29 is 0 Å². The molecule has 0 aromatic heterocycles. The van der Waals surface area contributed by atoms with Gasteiger partial charge in [-0.05, 0) is 69.3 Å². The Morgan fingerprint density at radius 2 is 1.13 bits per heavy atom. The zero-order chi connectivity index (χ0) is 16.2. The van der Waals surface area contributed by atoms with E-state index in [1.54, 1.807) is 0 Å². The van der Waals surface area contributed by atoms with Crippen molar-refractivity contribution in [2.45, 2.75) is 45.4 Å². The van der Waals surface area contributed by atoms with E-state index in [0.29, 0.717) is 0 Å². The van der Waals surface area contributed by atoms with Crippen LogP contribution in [0.1, 0.15) is 43.7 Å². The fraction of sp³-hybridized carbons (Fsp3) is 0.455. The third-order valence-corrected chi connectivity index (χ3v) is 4.36. The lowest BCUT2D eigenvalue weighted by Gasteiger charge is -2.21. The Morgan fingerprint density at radius 1 is 0.609 bits per heavy atom. The Bertz CT molecular complexity index is 506. The van der Waals surface area contributed by atoms with E-state index in [1.807, 2.05) is 0 Å². The first-order chi connectivity index (χ1) is 11.4. The van der Waals surface area contributed by atoms with Crippen LogP contribution in [0, 0.1) is 0 Å². The van der Waals surface area contributed by atoms with Crippen molar-refractivity contribution in [3.63, 3.8) is 0 Å². The van der Waals surface area contributed by atoms with Crippen LogP contribution >= 0.6 is 0 Å². The van der Waals surface area contributed by atoms with Crippen LogP contribution in [0.2, 0.25) is 0 Å². The topological polar surface area (TPSA) is 3.24 Å². The Kier molecular flexibility index (Phi) is 8.50. The van der Waals surface area contributed by atoms with Crippen molar-refractivity contribution in [3.8, 4) is 0 Å². The largest absolute Gasteiger partial charge is 0.303 e. The Balaban J connectivity index is 1.63. The van der Waals surface area contributed by atoms with Gasteiger partial charge in [-0.25, -0.2) is 0 Å². The van der Waals surface area contributed by atoms with Gasteiger partial charge in [-0.15, -0.1) is 0 Å². The van der Waals surface area contributed by atoms with Gasteiger partial charge >= 0.3 is 0 Å². The van der Waals surface area contributed by atoms with Crippen LogP contribution in [0.15, 0.2) is 60.7 Å². The minimum Gasteiger partial charge on any atom is -0.303 e. The van der Waals surface area contributed by atoms with Gasteiger partial charge in [0.25, 0.3) is 0 Å². The van der Waals surface area contributed by atoms with Gasteiger partial charge in [0.15, 0.2) is 0 Å². The van der Waals surface area contributed by atoms with E-state index in [1.165, 1.54) is 69.3 Å². The molecule has 0 bridgehead atoms. The zero-order valence-corrected chi connectivity index (χ0v) is 14.6. The van der Waals surface area contributed by atoms with Gasteiger partial charge in [0.05, 0.1) is 0 Å². The summed E-state index contributed by atoms with van der Waals surface area (Å²) in [5.74, 6) is 0. The first kappa shape index (κ1) is 17.7. The van der Waals surface area contributed by atoms with Gasteiger partial charge in [0.1, 0.15) is 0 Å². The molecule has 0 radical (unpaired) electrons. The number of aryl methyl sites for hydroxylation is 2. The maximum Gasteiger partial charge on any atom is -0.00156 e. The molecule has 1 heteroatoms. The second-order valence-electron chi connectivity index (χ2n) is 6.37. The lowest BCUT2D eigenvalue weighted by atomic mass is 10.1. The van der Waals surface area contributed by atoms with Gasteiger partial charge in [0.2, 0.25) is 0 Å². The quantitative estimate of drug-likeness (QED) is 0.505. The highest BCUT2D eigenvalue weighted by atomic mass is 15.1. The average Bonchev–Trinajstić information content (AvgIpc) is 2.60. The molecule has 0 aliphatic heterocycles. The third-order valence-electron chi connectivity index (χ3n) is 4.36. The molecule has 124 valence electrons. The molecule has 0 amide bonds. The van der Waals surface area contributed by atoms with Crippen molar-refractivity contribution >= 4 is 0 Å². The maximum absolute atomic E-state index is 2.65. The molecule has 0 saturated heterocycles. The predicted molar refractivity (Wildman–Crippen MR) is 101 cm³/mol. The Labute approximate surface area is 142 Å². The number of unbranched alkanes of at least 4 members (excludes halogenated alkanes) is 1. The zero-order valence-electron chi connectivity index (χ0n) is 14.6. The van der Waals surface area contributed by atoms with Crippen LogP contribution in [0.25, 0.3) is 0 Å². The fourth-order valence-electron chi connectivity index (χ4n) is 3.11. The van der Waals surface area contributed by atoms with E-state index in [-0.39, 0.29) is 0 Å². The van der Waals surface area contributed by atoms with E-state index in [0.717, 1.165) is 0 Å². The van der Waals surface area contributed by atoms with Gasteiger partial charge in [-0.3, -0.25) is 0 Å². The highest BCUT2D eigenvalue weighted by molar-refractivity contribution is 5.15. The summed E-state index contributed by atoms with van der Waals surface area (Å²) in [7, 11) is 0. The molecule has 0 spiro atoms. The number of rotatable bonds is 11. The minimum atomic E-state index is 1.20. The molecule has 0 N–H and O–H groups in total. The predicted octanol–water partition coefficient (Wildman–Crippen LogP) is 5.35. The molecular weight excluding hydrogens is 278 g/mol. The third kappa shape index (κ3) is 7.47. The van der Waals surface area contributed by atoms with Gasteiger partial charge in [-0.1, -0.05) is 67.6 Å². The van der Waals surface area contributed by atoms with Crippen molar-refractivity contribution in [1.82, 2.24) is 4.90 Å². The molecule has 0 atom stereocenters. The van der Waals surface area contributed by atoms with Gasteiger partial charge < -0.3 is 4.90 Å². The summed E-state index contributed by atoms with van der Waals surface area (Å²) in [6.45, 7) is 6.00. The van der Waals surface area contributed by atoms with Gasteiger partial charge in [-0.2, -0.15) is 0 Å². The van der Waals surface area contributed by atoms with Crippen LogP contribution in [-0.2, 0) is 12.8 Å². The molecule has 2 aromatic carbocycles. The van der Waals surface area contributed by atoms with Crippen LogP contribution in [0.4, 0.5) is 0 Å². The molecule has 2 rings (SSSR count). The SMILES string of the molecule is CCCN(CCCCc1ccccc1)CCCc1ccccc1. The lowest BCUT2D eigenvalue weighted by Crippen LogP contribution is -2.27. The van der Waals surface area contributed by atoms with Crippen LogP contribution in [-0.4, -0.2) is 24.5 Å². The number of hydrogen-bond acceptors (Lipinski definition) is 1. The summed E-state index contributed by atoms with van der Waals surface area (Å²) in [6, 6.07) is 21.7. The number of hydrogen-bond donors (Lipinski definition) is 0. The van der Waals surface area contributed by atoms with E-state index >= 15 is 0 Å². The number of nitrogens with zero attached hydrogens (tertiary/aromatic N) is 1. The van der Waals surface area contributed by atoms with Gasteiger partial charge in [0, 0.05) is 0 Å². The average molecular weight is 309 g/mol. The molecule has 0 fully saturated rings. The van der Waals surface area contributed by atoms with Crippen LogP contribution < -0.4 is 0 Å². The van der Waals surface area contributed by atoms with Crippen molar-refractivity contribution in [3.05, 3.63) is 71.8 Å². The molecule has 2 aromatic rings. The molecule has 0 unspecified atom stereocenters. The Hall–Kier alpha value is -1.60. The molecule has 0 heterocycles. The van der Waals surface area contributed by atoms with Crippen LogP contribution in [0.3, 0.4) is 0 Å². The highest BCUT2D eigenvalue weighted by Crippen LogP contribution is 2.08. The molecule has 0 aliphatic rings. The lowest BCUT2D eigenvalue weighted by molar-refractivity contribution is 0.265. The van der Waals surface area contributed by atoms with E-state index in [4.69, 9.17) is 0 Å². The van der Waals surface area contributed by atoms with E-state index in [9.17, 15) is 0 Å². The van der Waals surface area contributed by atoms with Crippen molar-refractivity contribution in [2.24, 2.45) is 0 Å². The summed E-state index contributed by atoms with van der Waals surface area (Å²) < 4.78 is 0. The van der Waals surface area contributed by atoms with Crippen LogP contribution in [0.5, 0.6) is 0 Å². The summed E-state index contributed by atoms with van der Waals surface area (Å²) in [5.41, 5.74) is 2.94. The summed E-state index contributed by atoms with van der Waals surface area (Å²) in [5, 5.41) is 0. The maximum atomic E-state index is 2.65. The molecule has 0 saturated carbocycles. The Morgan fingerprint density at radius 3 is 1.70 bits per heavy atom. The van der Waals surface area contributed by atoms with E-state index in [2.05, 4.69) is 72.5 Å². The molecule has 23 heavy (non-hydrogen) atoms.